The summed E-state index contributed by atoms with van der Waals surface area (Å²) in [6, 6.07) is 0. The van der Waals surface area contributed by atoms with Crippen molar-refractivity contribution in [3.63, 3.8) is 0 Å². The molecule has 0 heterocycles. The van der Waals surface area contributed by atoms with Crippen molar-refractivity contribution in [3.8, 4) is 0 Å². The van der Waals surface area contributed by atoms with E-state index >= 15 is 0 Å². The van der Waals surface area contributed by atoms with Crippen LogP contribution in [0.2, 0.25) is 19.6 Å². The molecule has 102 valence electrons. The Balaban J connectivity index is 5.53. The average molecular weight is 299 g/mol. The van der Waals surface area contributed by atoms with Crippen LogP contribution in [-0.2, 0) is 13.6 Å². The molecule has 0 aromatic heterocycles. The van der Waals surface area contributed by atoms with Crippen molar-refractivity contribution in [2.45, 2.75) is 44.1 Å². The predicted octanol–water partition coefficient (Wildman–Crippen LogP) is 4.64. The van der Waals surface area contributed by atoms with Gasteiger partial charge in [0.1, 0.15) is 4.24 Å². The largest absolute Gasteiger partial charge is 0.348 e. The molecule has 0 N–H and O–H groups in total. The molecule has 0 saturated heterocycles. The minimum absolute atomic E-state index is 0.327. The van der Waals surface area contributed by atoms with Crippen LogP contribution in [0, 0.1) is 0 Å². The number of alkyl halides is 1. The van der Waals surface area contributed by atoms with E-state index in [0.717, 1.165) is 0 Å². The summed E-state index contributed by atoms with van der Waals surface area (Å²) in [6.07, 6.45) is 2.12. The Morgan fingerprint density at radius 1 is 1.29 bits per heavy atom. The number of hydrogen-bond donors (Lipinski definition) is 0. The Hall–Kier alpha value is 0.397. The van der Waals surface area contributed by atoms with Crippen LogP contribution in [0.5, 0.6) is 0 Å². The van der Waals surface area contributed by atoms with Crippen molar-refractivity contribution >= 4 is 27.3 Å². The predicted molar refractivity (Wildman–Crippen MR) is 77.6 cm³/mol. The monoisotopic (exact) mass is 298 g/mol. The van der Waals surface area contributed by atoms with E-state index in [0.29, 0.717) is 19.6 Å². The van der Waals surface area contributed by atoms with Gasteiger partial charge in [-0.25, -0.2) is 0 Å². The van der Waals surface area contributed by atoms with E-state index in [4.69, 9.17) is 20.6 Å². The lowest BCUT2D eigenvalue weighted by Crippen LogP contribution is -2.48. The zero-order valence-corrected chi connectivity index (χ0v) is 14.1. The molecule has 0 fully saturated rings. The fourth-order valence-electron chi connectivity index (χ4n) is 1.60. The van der Waals surface area contributed by atoms with Gasteiger partial charge in [-0.05, 0) is 20.3 Å². The van der Waals surface area contributed by atoms with Gasteiger partial charge in [-0.3, -0.25) is 4.57 Å². The summed E-state index contributed by atoms with van der Waals surface area (Å²) in [4.78, 5) is 0. The number of halogens is 1. The Labute approximate surface area is 111 Å². The second-order valence-corrected chi connectivity index (χ2v) is 14.1. The molecule has 17 heavy (non-hydrogen) atoms. The van der Waals surface area contributed by atoms with Crippen LogP contribution in [0.15, 0.2) is 12.7 Å². The van der Waals surface area contributed by atoms with Gasteiger partial charge < -0.3 is 9.05 Å². The van der Waals surface area contributed by atoms with Crippen molar-refractivity contribution in [1.82, 2.24) is 0 Å². The van der Waals surface area contributed by atoms with Crippen LogP contribution in [0.3, 0.4) is 0 Å². The van der Waals surface area contributed by atoms with Crippen LogP contribution in [0.25, 0.3) is 0 Å². The Morgan fingerprint density at radius 2 is 1.71 bits per heavy atom. The summed E-state index contributed by atoms with van der Waals surface area (Å²) in [7, 11) is -5.28. The molecule has 1 unspecified atom stereocenters. The van der Waals surface area contributed by atoms with E-state index < -0.39 is 19.9 Å². The maximum Gasteiger partial charge on any atom is 0.348 e. The zero-order valence-electron chi connectivity index (χ0n) is 11.5. The Bertz CT molecular complexity index is 294. The van der Waals surface area contributed by atoms with E-state index in [-0.39, 0.29) is 0 Å². The topological polar surface area (TPSA) is 35.5 Å². The Kier molecular flexibility index (Phi) is 6.68. The van der Waals surface area contributed by atoms with Crippen LogP contribution < -0.4 is 0 Å². The quantitative estimate of drug-likeness (QED) is 0.283. The summed E-state index contributed by atoms with van der Waals surface area (Å²) in [5.41, 5.74) is 0. The van der Waals surface area contributed by atoms with Crippen molar-refractivity contribution in [3.05, 3.63) is 12.7 Å². The summed E-state index contributed by atoms with van der Waals surface area (Å²) < 4.78 is 22.7. The summed E-state index contributed by atoms with van der Waals surface area (Å²) in [5, 5.41) is 0. The average Bonchev–Trinajstić information content (AvgIpc) is 2.16. The molecule has 0 rings (SSSR count). The SMILES string of the molecule is C=CCC(Cl)([Si](C)(C)C)P(=O)(OCC)OCC. The van der Waals surface area contributed by atoms with Crippen LogP contribution in [0.4, 0.5) is 0 Å². The second-order valence-electron chi connectivity index (χ2n) is 4.84. The molecule has 0 aliphatic carbocycles. The smallest absolute Gasteiger partial charge is 0.308 e. The fraction of sp³-hybridized carbons (Fsp3) is 0.818. The Morgan fingerprint density at radius 3 is 1.94 bits per heavy atom. The van der Waals surface area contributed by atoms with Gasteiger partial charge >= 0.3 is 7.60 Å². The van der Waals surface area contributed by atoms with Crippen molar-refractivity contribution < 1.29 is 13.6 Å². The minimum atomic E-state index is -3.32. The highest BCUT2D eigenvalue weighted by atomic mass is 35.5. The highest BCUT2D eigenvalue weighted by molar-refractivity contribution is 7.61. The first-order chi connectivity index (χ1) is 7.68. The maximum absolute atomic E-state index is 12.9. The third kappa shape index (κ3) is 3.68. The third-order valence-electron chi connectivity index (χ3n) is 2.60. The van der Waals surface area contributed by atoms with E-state index in [1.54, 1.807) is 19.9 Å². The second kappa shape index (κ2) is 6.53. The van der Waals surface area contributed by atoms with Gasteiger partial charge in [-0.2, -0.15) is 0 Å². The first-order valence-electron chi connectivity index (χ1n) is 5.87. The molecule has 0 bridgehead atoms. The number of allylic oxidation sites excluding steroid dienone is 1. The molecular weight excluding hydrogens is 275 g/mol. The molecular formula is C11H24ClO3PSi. The zero-order chi connectivity index (χ0) is 13.7. The molecule has 0 aliphatic rings. The molecule has 6 heteroatoms. The van der Waals surface area contributed by atoms with Gasteiger partial charge in [0.2, 0.25) is 0 Å². The highest BCUT2D eigenvalue weighted by Gasteiger charge is 2.57. The standard InChI is InChI=1S/C11H24ClO3PSi/c1-7-10-11(12,17(4,5)6)16(13,14-8-2)15-9-3/h7H,1,8-10H2,2-6H3. The van der Waals surface area contributed by atoms with Crippen LogP contribution in [0.1, 0.15) is 20.3 Å². The van der Waals surface area contributed by atoms with E-state index in [2.05, 4.69) is 26.2 Å². The number of rotatable bonds is 8. The van der Waals surface area contributed by atoms with Gasteiger partial charge in [0.25, 0.3) is 0 Å². The normalized spacial score (nSPS) is 16.6. The minimum Gasteiger partial charge on any atom is -0.308 e. The van der Waals surface area contributed by atoms with Crippen molar-refractivity contribution in [1.29, 1.82) is 0 Å². The van der Waals surface area contributed by atoms with Gasteiger partial charge in [0.15, 0.2) is 0 Å². The van der Waals surface area contributed by atoms with Gasteiger partial charge in [0, 0.05) is 0 Å². The molecule has 0 aromatic carbocycles. The molecule has 0 aromatic rings. The van der Waals surface area contributed by atoms with E-state index in [1.807, 2.05) is 0 Å². The number of hydrogen-bond acceptors (Lipinski definition) is 3. The summed E-state index contributed by atoms with van der Waals surface area (Å²) in [6.45, 7) is 14.1. The van der Waals surface area contributed by atoms with Crippen LogP contribution in [-0.4, -0.2) is 25.5 Å². The van der Waals surface area contributed by atoms with Crippen molar-refractivity contribution in [2.24, 2.45) is 0 Å². The van der Waals surface area contributed by atoms with Crippen LogP contribution >= 0.6 is 19.2 Å². The maximum atomic E-state index is 12.9. The first kappa shape index (κ1) is 17.4. The summed E-state index contributed by atoms with van der Waals surface area (Å²) in [5.74, 6) is 0. The van der Waals surface area contributed by atoms with Gasteiger partial charge in [-0.1, -0.05) is 25.7 Å². The molecule has 0 spiro atoms. The molecule has 0 radical (unpaired) electrons. The lowest BCUT2D eigenvalue weighted by atomic mass is 10.5. The molecule has 0 saturated carbocycles. The highest BCUT2D eigenvalue weighted by Crippen LogP contribution is 2.67. The lowest BCUT2D eigenvalue weighted by Gasteiger charge is -2.41. The summed E-state index contributed by atoms with van der Waals surface area (Å²) >= 11 is 6.66. The first-order valence-corrected chi connectivity index (χ1v) is 11.3. The molecule has 1 atom stereocenters. The van der Waals surface area contributed by atoms with E-state index in [1.165, 1.54) is 0 Å². The van der Waals surface area contributed by atoms with E-state index in [9.17, 15) is 4.57 Å². The third-order valence-corrected chi connectivity index (χ3v) is 12.7. The molecule has 3 nitrogen and oxygen atoms in total. The van der Waals surface area contributed by atoms with Crippen molar-refractivity contribution in [2.75, 3.05) is 13.2 Å². The molecule has 0 amide bonds. The van der Waals surface area contributed by atoms with Gasteiger partial charge in [-0.15, -0.1) is 18.2 Å². The van der Waals surface area contributed by atoms with Gasteiger partial charge in [0.05, 0.1) is 21.3 Å². The molecule has 0 aliphatic heterocycles. The fourth-order valence-corrected chi connectivity index (χ4v) is 7.95. The lowest BCUT2D eigenvalue weighted by molar-refractivity contribution is 0.214.